The van der Waals surface area contributed by atoms with Crippen molar-refractivity contribution in [2.24, 2.45) is 0 Å². The van der Waals surface area contributed by atoms with Gasteiger partial charge in [-0.3, -0.25) is 0 Å². The molecule has 0 aliphatic rings. The van der Waals surface area contributed by atoms with Crippen LogP contribution in [0, 0.1) is 0 Å². The Hall–Kier alpha value is 1.59. The molecule has 0 N–H and O–H groups in total. The van der Waals surface area contributed by atoms with Crippen LogP contribution in [0.4, 0.5) is 0 Å². The van der Waals surface area contributed by atoms with E-state index in [1.807, 2.05) is 0 Å². The van der Waals surface area contributed by atoms with Gasteiger partial charge in [-0.25, -0.2) is 0 Å². The number of hydrogen-bond acceptors (Lipinski definition) is 2. The van der Waals surface area contributed by atoms with E-state index in [1.165, 1.54) is 12.8 Å². The van der Waals surface area contributed by atoms with E-state index in [2.05, 4.69) is 44.1 Å². The van der Waals surface area contributed by atoms with Crippen LogP contribution >= 0.6 is 25.3 Å². The predicted molar refractivity (Wildman–Crippen MR) is 64.7 cm³/mol. The topological polar surface area (TPSA) is 9.23 Å². The summed E-state index contributed by atoms with van der Waals surface area (Å²) in [5.74, 6) is 0.830. The Morgan fingerprint density at radius 1 is 1.58 bits per heavy atom. The normalized spacial score (nSPS) is 18.8. The summed E-state index contributed by atoms with van der Waals surface area (Å²) >= 11 is 5.64. The van der Waals surface area contributed by atoms with Crippen molar-refractivity contribution >= 4 is 41.9 Å². The van der Waals surface area contributed by atoms with Crippen LogP contribution in [0.15, 0.2) is 0 Å². The molecule has 0 aromatic heterocycles. The maximum atomic E-state index is 5.84. The molecule has 0 saturated heterocycles. The van der Waals surface area contributed by atoms with Crippen molar-refractivity contribution in [1.29, 1.82) is 0 Å². The summed E-state index contributed by atoms with van der Waals surface area (Å²) in [5.41, 5.74) is 0. The Balaban J connectivity index is 3.81. The molecule has 0 rings (SSSR count). The fourth-order valence-electron chi connectivity index (χ4n) is 1.08. The monoisotopic (exact) mass is 362 g/mol. The zero-order valence-corrected chi connectivity index (χ0v) is 13.5. The van der Waals surface area contributed by atoms with E-state index in [-0.39, 0.29) is 0 Å². The molecule has 0 radical (unpaired) electrons. The third kappa shape index (κ3) is 5.35. The minimum atomic E-state index is -2.31. The second-order valence-corrected chi connectivity index (χ2v) is 23.5. The summed E-state index contributed by atoms with van der Waals surface area (Å²) in [6.45, 7) is 5.33. The molecule has 0 saturated carbocycles. The third-order valence-electron chi connectivity index (χ3n) is 2.08. The Morgan fingerprint density at radius 3 is 2.58 bits per heavy atom. The Labute approximate surface area is 92.2 Å². The maximum absolute atomic E-state index is 5.84. The van der Waals surface area contributed by atoms with E-state index in [9.17, 15) is 0 Å². The van der Waals surface area contributed by atoms with Gasteiger partial charge in [0.15, 0.2) is 0 Å². The summed E-state index contributed by atoms with van der Waals surface area (Å²) in [7, 11) is 0. The Kier molecular flexibility index (Phi) is 7.88. The number of hydrogen-bond donors (Lipinski definition) is 1. The molecule has 0 heterocycles. The van der Waals surface area contributed by atoms with Gasteiger partial charge in [-0.15, -0.1) is 0 Å². The summed E-state index contributed by atoms with van der Waals surface area (Å²) in [6.07, 6.45) is 2.54. The van der Waals surface area contributed by atoms with Gasteiger partial charge in [0.05, 0.1) is 0 Å². The van der Waals surface area contributed by atoms with Crippen LogP contribution in [-0.4, -0.2) is 28.9 Å². The first-order valence-electron chi connectivity index (χ1n) is 4.48. The van der Waals surface area contributed by atoms with Gasteiger partial charge < -0.3 is 0 Å². The zero-order chi connectivity index (χ0) is 9.61. The van der Waals surface area contributed by atoms with Crippen molar-refractivity contribution in [3.05, 3.63) is 0 Å². The molecule has 0 aromatic rings. The summed E-state index contributed by atoms with van der Waals surface area (Å²) < 4.78 is 6.60. The fraction of sp³-hybridized carbons (Fsp3) is 1.00. The standard InChI is InChI=1S/C5H11.C2H5OS.CH3.BrH.Sn/c1-3-5-4-2;3-1-2-4;;;/h3H,4-5H2,1-2H3;4H,1-2H2;1H3;1H;/q;-1;;;+2/p-1. The second-order valence-electron chi connectivity index (χ2n) is 3.25. The summed E-state index contributed by atoms with van der Waals surface area (Å²) in [5, 5.41) is 0. The molecule has 1 nitrogen and oxygen atoms in total. The van der Waals surface area contributed by atoms with Gasteiger partial charge in [0.2, 0.25) is 0 Å². The van der Waals surface area contributed by atoms with Crippen LogP contribution in [0.3, 0.4) is 0 Å². The van der Waals surface area contributed by atoms with Crippen LogP contribution in [-0.2, 0) is 3.07 Å². The quantitative estimate of drug-likeness (QED) is 0.562. The van der Waals surface area contributed by atoms with Crippen LogP contribution < -0.4 is 0 Å². The average molecular weight is 362 g/mol. The molecule has 2 atom stereocenters. The van der Waals surface area contributed by atoms with Crippen molar-refractivity contribution in [3.8, 4) is 0 Å². The van der Waals surface area contributed by atoms with Crippen molar-refractivity contribution < 1.29 is 3.07 Å². The van der Waals surface area contributed by atoms with Crippen LogP contribution in [0.2, 0.25) is 8.87 Å². The van der Waals surface area contributed by atoms with Gasteiger partial charge in [0.25, 0.3) is 0 Å². The van der Waals surface area contributed by atoms with E-state index < -0.39 is 16.6 Å². The Morgan fingerprint density at radius 2 is 2.17 bits per heavy atom. The van der Waals surface area contributed by atoms with Crippen molar-refractivity contribution in [2.75, 3.05) is 12.4 Å². The molecule has 0 bridgehead atoms. The second kappa shape index (κ2) is 6.96. The van der Waals surface area contributed by atoms with E-state index in [4.69, 9.17) is 3.07 Å². The van der Waals surface area contributed by atoms with E-state index >= 15 is 0 Å². The van der Waals surface area contributed by atoms with E-state index in [0.29, 0.717) is 0 Å². The number of rotatable bonds is 6. The minimum absolute atomic E-state index is 0.754. The SMILES string of the molecule is CCC[CH](C)[Sn]([CH3])([Br])[O]CCS. The van der Waals surface area contributed by atoms with Crippen LogP contribution in [0.25, 0.3) is 0 Å². The van der Waals surface area contributed by atoms with Gasteiger partial charge in [-0.2, -0.15) is 0 Å². The molecule has 0 aliphatic carbocycles. The van der Waals surface area contributed by atoms with Gasteiger partial charge in [0, 0.05) is 0 Å². The first-order valence-corrected chi connectivity index (χ1v) is 17.2. The third-order valence-corrected chi connectivity index (χ3v) is 17.1. The van der Waals surface area contributed by atoms with Crippen molar-refractivity contribution in [3.63, 3.8) is 0 Å². The summed E-state index contributed by atoms with van der Waals surface area (Å²) in [4.78, 5) is 2.29. The molecular weight excluding hydrogens is 343 g/mol. The van der Waals surface area contributed by atoms with Gasteiger partial charge in [0.1, 0.15) is 0 Å². The first-order chi connectivity index (χ1) is 5.54. The van der Waals surface area contributed by atoms with Gasteiger partial charge in [-0.1, -0.05) is 0 Å². The van der Waals surface area contributed by atoms with E-state index in [0.717, 1.165) is 16.3 Å². The molecular formula is C8H19BrOSSn. The predicted octanol–water partition coefficient (Wildman–Crippen LogP) is 3.59. The molecule has 74 valence electrons. The van der Waals surface area contributed by atoms with E-state index in [1.54, 1.807) is 0 Å². The molecule has 0 aliphatic heterocycles. The van der Waals surface area contributed by atoms with Crippen molar-refractivity contribution in [1.82, 2.24) is 0 Å². The summed E-state index contributed by atoms with van der Waals surface area (Å²) in [6, 6.07) is 0. The molecule has 0 spiro atoms. The average Bonchev–Trinajstić information content (AvgIpc) is 2.01. The molecule has 0 fully saturated rings. The number of thiol groups is 1. The molecule has 0 aromatic carbocycles. The number of halogens is 1. The molecule has 2 unspecified atom stereocenters. The van der Waals surface area contributed by atoms with Gasteiger partial charge in [-0.05, 0) is 0 Å². The van der Waals surface area contributed by atoms with Gasteiger partial charge >= 0.3 is 92.9 Å². The fourth-order valence-corrected chi connectivity index (χ4v) is 8.82. The molecule has 12 heavy (non-hydrogen) atoms. The van der Waals surface area contributed by atoms with Crippen LogP contribution in [0.5, 0.6) is 0 Å². The first kappa shape index (κ1) is 13.6. The van der Waals surface area contributed by atoms with Crippen molar-refractivity contribution in [2.45, 2.75) is 35.6 Å². The molecule has 4 heteroatoms. The van der Waals surface area contributed by atoms with Crippen LogP contribution in [0.1, 0.15) is 26.7 Å². The zero-order valence-electron chi connectivity index (χ0n) is 8.14. The Bertz CT molecular complexity index is 122. The molecule has 0 amide bonds.